The molecule has 0 saturated carbocycles. The SMILES string of the molecule is CCCCCCCCCCC[C@H](CC(=O)N[C@H]1[C@H](OC[C@@H](NC(=O)C[C@@H](CCCCCCCCCCC)OCCCCCCCCCC)C(=O)O)O[C@H](CO)[C@@H](OP(=O)(O)O)[C@@H]1OC(=O)C[C@@H](CCCCCCCCCCC)OCCCCCCCCCC)OCCCCCCCCCC. The molecule has 0 aromatic heterocycles. The molecule has 1 rings (SSSR count). The maximum atomic E-state index is 14.8. The highest BCUT2D eigenvalue weighted by atomic mass is 31.2. The third kappa shape index (κ3) is 56.1. The highest BCUT2D eigenvalue weighted by molar-refractivity contribution is 7.46. The summed E-state index contributed by atoms with van der Waals surface area (Å²) in [6.45, 7) is 13.0. The van der Waals surface area contributed by atoms with E-state index in [4.69, 9.17) is 32.9 Å². The topological polar surface area (TPSA) is 255 Å². The Morgan fingerprint density at radius 3 is 1.02 bits per heavy atom. The van der Waals surface area contributed by atoms with Crippen LogP contribution in [0.15, 0.2) is 0 Å². The Hall–Kier alpha value is -2.25. The molecule has 18 nitrogen and oxygen atoms in total. The molecule has 1 fully saturated rings. The van der Waals surface area contributed by atoms with Crippen molar-refractivity contribution in [2.75, 3.05) is 33.0 Å². The van der Waals surface area contributed by atoms with E-state index in [1.807, 2.05) is 0 Å². The Kier molecular flexibility index (Phi) is 65.6. The van der Waals surface area contributed by atoms with Crippen molar-refractivity contribution in [3.63, 3.8) is 0 Å². The zero-order valence-electron chi connectivity index (χ0n) is 65.2. The number of esters is 1. The number of ether oxygens (including phenoxy) is 6. The summed E-state index contributed by atoms with van der Waals surface area (Å²) in [6, 6.07) is -3.22. The molecule has 0 unspecified atom stereocenters. The van der Waals surface area contributed by atoms with Gasteiger partial charge in [0, 0.05) is 19.8 Å². The number of carboxylic acid groups (broad SMARTS) is 1. The van der Waals surface area contributed by atoms with Crippen LogP contribution < -0.4 is 10.6 Å². The number of amides is 2. The number of aliphatic carboxylic acids is 1. The van der Waals surface area contributed by atoms with Gasteiger partial charge in [-0.2, -0.15) is 0 Å². The van der Waals surface area contributed by atoms with Crippen molar-refractivity contribution in [1.29, 1.82) is 0 Å². The second-order valence-corrected chi connectivity index (χ2v) is 30.7. The number of carbonyl (C=O) groups excluding carboxylic acids is 3. The third-order valence-electron chi connectivity index (χ3n) is 19.9. The van der Waals surface area contributed by atoms with Gasteiger partial charge >= 0.3 is 19.8 Å². The molecular formula is C81H157N2O16P. The third-order valence-corrected chi connectivity index (χ3v) is 20.4. The molecule has 19 heteroatoms. The molecule has 0 spiro atoms. The lowest BCUT2D eigenvalue weighted by Gasteiger charge is -2.45. The zero-order chi connectivity index (χ0) is 73.2. The lowest BCUT2D eigenvalue weighted by molar-refractivity contribution is -0.272. The summed E-state index contributed by atoms with van der Waals surface area (Å²) in [5, 5.41) is 27.3. The van der Waals surface area contributed by atoms with Gasteiger partial charge in [0.25, 0.3) is 0 Å². The molecule has 0 aliphatic carbocycles. The van der Waals surface area contributed by atoms with Gasteiger partial charge in [0.15, 0.2) is 18.4 Å². The Bertz CT molecular complexity index is 1850. The Morgan fingerprint density at radius 1 is 0.410 bits per heavy atom. The van der Waals surface area contributed by atoms with Crippen LogP contribution in [-0.2, 0) is 56.7 Å². The van der Waals surface area contributed by atoms with Crippen LogP contribution in [-0.4, -0.2) is 132 Å². The van der Waals surface area contributed by atoms with Crippen LogP contribution in [0.3, 0.4) is 0 Å². The first-order valence-corrected chi connectivity index (χ1v) is 43.7. The standard InChI is InChI=1S/C81H157N2O16P/c1-7-13-19-25-31-37-40-46-52-58-69(93-61-55-49-43-34-28-22-16-10-4)64-74(85)82-72(80(88)89)68-96-81-77(83-75(86)65-70(59-53-47-41-38-32-26-20-14-8-2)94-62-56-50-44-35-29-23-17-11-5)79(78(73(67-84)97-81)99-100(90,91)92)98-76(87)66-71(60-54-48-42-39-33-27-21-15-9-3)95-63-57-51-45-36-30-24-18-12-6/h69-73,77-79,81,84H,7-68H2,1-6H3,(H,82,85)(H,83,86)(H,88,89)(H2,90,91,92)/t69-,70-,71-,72-,73-,77-,78-,79-,81-/m1/s1. The molecule has 1 aliphatic rings. The van der Waals surface area contributed by atoms with E-state index in [1.54, 1.807) is 0 Å². The largest absolute Gasteiger partial charge is 0.480 e. The normalized spacial score (nSPS) is 17.7. The highest BCUT2D eigenvalue weighted by Crippen LogP contribution is 2.42. The minimum Gasteiger partial charge on any atom is -0.480 e. The van der Waals surface area contributed by atoms with Crippen LogP contribution in [0, 0.1) is 0 Å². The number of phosphoric acid groups is 1. The Morgan fingerprint density at radius 2 is 0.710 bits per heavy atom. The fourth-order valence-corrected chi connectivity index (χ4v) is 14.2. The smallest absolute Gasteiger partial charge is 0.470 e. The minimum absolute atomic E-state index is 0.0767. The van der Waals surface area contributed by atoms with Crippen molar-refractivity contribution in [1.82, 2.24) is 10.6 Å². The van der Waals surface area contributed by atoms with Crippen molar-refractivity contribution in [2.45, 2.75) is 463 Å². The number of aliphatic hydroxyl groups is 1. The van der Waals surface area contributed by atoms with E-state index in [2.05, 4.69) is 52.2 Å². The molecule has 0 aromatic rings. The van der Waals surface area contributed by atoms with E-state index in [0.29, 0.717) is 39.1 Å². The number of phosphoric ester groups is 1. The molecule has 1 heterocycles. The lowest BCUT2D eigenvalue weighted by atomic mass is 9.95. The highest BCUT2D eigenvalue weighted by Gasteiger charge is 2.52. The van der Waals surface area contributed by atoms with Crippen molar-refractivity contribution in [2.24, 2.45) is 0 Å². The molecule has 2 amide bonds. The summed E-state index contributed by atoms with van der Waals surface area (Å²) in [7, 11) is -5.44. The van der Waals surface area contributed by atoms with Crippen LogP contribution in [0.4, 0.5) is 0 Å². The summed E-state index contributed by atoms with van der Waals surface area (Å²) >= 11 is 0. The molecule has 1 saturated heterocycles. The van der Waals surface area contributed by atoms with E-state index >= 15 is 0 Å². The predicted molar refractivity (Wildman–Crippen MR) is 406 cm³/mol. The number of hydrogen-bond acceptors (Lipinski definition) is 13. The summed E-state index contributed by atoms with van der Waals surface area (Å²) < 4.78 is 56.7. The first kappa shape index (κ1) is 95.8. The summed E-state index contributed by atoms with van der Waals surface area (Å²) in [5.41, 5.74) is 0. The van der Waals surface area contributed by atoms with Crippen molar-refractivity contribution >= 4 is 31.6 Å². The van der Waals surface area contributed by atoms with Crippen LogP contribution >= 0.6 is 7.82 Å². The number of nitrogens with one attached hydrogen (secondary N) is 2. The number of aliphatic hydroxyl groups excluding tert-OH is 1. The van der Waals surface area contributed by atoms with Crippen LogP contribution in [0.1, 0.15) is 408 Å². The Balaban J connectivity index is 3.73. The van der Waals surface area contributed by atoms with Gasteiger partial charge in [-0.15, -0.1) is 0 Å². The average molecular weight is 1450 g/mol. The number of carboxylic acids is 1. The molecule has 0 radical (unpaired) electrons. The summed E-state index contributed by atoms with van der Waals surface area (Å²) in [6.07, 6.45) is 50.2. The van der Waals surface area contributed by atoms with Gasteiger partial charge in [-0.05, 0) is 38.5 Å². The molecule has 100 heavy (non-hydrogen) atoms. The number of unbranched alkanes of at least 4 members (excludes halogenated alkanes) is 45. The van der Waals surface area contributed by atoms with Gasteiger partial charge in [0.2, 0.25) is 11.8 Å². The van der Waals surface area contributed by atoms with E-state index in [1.165, 1.54) is 180 Å². The zero-order valence-corrected chi connectivity index (χ0v) is 66.1. The van der Waals surface area contributed by atoms with E-state index in [-0.39, 0.29) is 19.3 Å². The number of rotatable bonds is 76. The van der Waals surface area contributed by atoms with Crippen molar-refractivity contribution < 1.29 is 76.7 Å². The molecule has 1 aliphatic heterocycles. The van der Waals surface area contributed by atoms with Gasteiger partial charge < -0.3 is 59.1 Å². The molecule has 592 valence electrons. The summed E-state index contributed by atoms with van der Waals surface area (Å²) in [5.74, 6) is -3.33. The van der Waals surface area contributed by atoms with E-state index in [9.17, 15) is 43.7 Å². The minimum atomic E-state index is -5.44. The molecule has 6 N–H and O–H groups in total. The molecule has 0 bridgehead atoms. The molecule has 0 aromatic carbocycles. The first-order chi connectivity index (χ1) is 48.7. The maximum Gasteiger partial charge on any atom is 0.470 e. The monoisotopic (exact) mass is 1450 g/mol. The summed E-state index contributed by atoms with van der Waals surface area (Å²) in [4.78, 5) is 77.7. The van der Waals surface area contributed by atoms with Gasteiger partial charge in [-0.3, -0.25) is 18.9 Å². The molecular weight excluding hydrogens is 1290 g/mol. The number of hydrogen-bond donors (Lipinski definition) is 6. The Labute approximate surface area is 611 Å². The second kappa shape index (κ2) is 68.6. The fraction of sp³-hybridized carbons (Fsp3) is 0.951. The average Bonchev–Trinajstić information content (AvgIpc) is 0.781. The first-order valence-electron chi connectivity index (χ1n) is 42.1. The molecule has 9 atom stereocenters. The second-order valence-electron chi connectivity index (χ2n) is 29.5. The van der Waals surface area contributed by atoms with E-state index in [0.717, 1.165) is 148 Å². The van der Waals surface area contributed by atoms with Gasteiger partial charge in [-0.25, -0.2) is 9.36 Å². The van der Waals surface area contributed by atoms with Crippen LogP contribution in [0.2, 0.25) is 0 Å². The van der Waals surface area contributed by atoms with Crippen LogP contribution in [0.25, 0.3) is 0 Å². The van der Waals surface area contributed by atoms with Crippen LogP contribution in [0.5, 0.6) is 0 Å². The van der Waals surface area contributed by atoms with Gasteiger partial charge in [-0.1, -0.05) is 350 Å². The maximum absolute atomic E-state index is 14.8. The predicted octanol–water partition coefficient (Wildman–Crippen LogP) is 20.7. The lowest BCUT2D eigenvalue weighted by Crippen LogP contribution is -2.66. The number of carbonyl (C=O) groups is 4. The van der Waals surface area contributed by atoms with Gasteiger partial charge in [0.1, 0.15) is 18.2 Å². The van der Waals surface area contributed by atoms with Crippen molar-refractivity contribution in [3.8, 4) is 0 Å². The quantitative estimate of drug-likeness (QED) is 0.0188. The van der Waals surface area contributed by atoms with Gasteiger partial charge in [0.05, 0.1) is 50.8 Å². The fourth-order valence-electron chi connectivity index (χ4n) is 13.7. The van der Waals surface area contributed by atoms with Crippen molar-refractivity contribution in [3.05, 3.63) is 0 Å². The van der Waals surface area contributed by atoms with E-state index < -0.39 is 99.8 Å².